The van der Waals surface area contributed by atoms with Crippen molar-refractivity contribution in [3.05, 3.63) is 40.5 Å². The molecule has 0 aliphatic heterocycles. The molecule has 2 rings (SSSR count). The second kappa shape index (κ2) is 7.81. The van der Waals surface area contributed by atoms with Gasteiger partial charge in [-0.3, -0.25) is 0 Å². The molecule has 0 aliphatic rings. The number of halogens is 1. The van der Waals surface area contributed by atoms with Crippen molar-refractivity contribution in [2.75, 3.05) is 6.54 Å². The van der Waals surface area contributed by atoms with E-state index in [0.29, 0.717) is 18.2 Å². The van der Waals surface area contributed by atoms with Crippen molar-refractivity contribution >= 4 is 27.7 Å². The summed E-state index contributed by atoms with van der Waals surface area (Å²) < 4.78 is 6.41. The predicted octanol–water partition coefficient (Wildman–Crippen LogP) is 3.97. The second-order valence-corrected chi connectivity index (χ2v) is 6.36. The number of nitrogens with zero attached hydrogens (tertiary/aromatic N) is 2. The molecule has 0 aliphatic carbocycles. The van der Waals surface area contributed by atoms with E-state index in [1.807, 2.05) is 18.2 Å². The van der Waals surface area contributed by atoms with Gasteiger partial charge in [0.1, 0.15) is 0 Å². The minimum Gasteiger partial charge on any atom is -0.339 e. The number of hydrogen-bond donors (Lipinski definition) is 1. The van der Waals surface area contributed by atoms with E-state index in [4.69, 9.17) is 10.3 Å². The molecule has 1 unspecified atom stereocenters. The molecule has 20 heavy (non-hydrogen) atoms. The molecular weight excluding hydrogens is 338 g/mol. The SMILES string of the molecule is CCCC(CN)c1nc(CSc2ccccc2Br)no1. The highest BCUT2D eigenvalue weighted by Gasteiger charge is 2.16. The van der Waals surface area contributed by atoms with E-state index in [-0.39, 0.29) is 5.92 Å². The lowest BCUT2D eigenvalue weighted by Gasteiger charge is -2.06. The molecule has 0 spiro atoms. The lowest BCUT2D eigenvalue weighted by molar-refractivity contribution is 0.344. The van der Waals surface area contributed by atoms with Crippen LogP contribution in [0.5, 0.6) is 0 Å². The van der Waals surface area contributed by atoms with Gasteiger partial charge in [-0.1, -0.05) is 30.6 Å². The maximum atomic E-state index is 5.75. The van der Waals surface area contributed by atoms with Crippen LogP contribution in [0.15, 0.2) is 38.2 Å². The fraction of sp³-hybridized carbons (Fsp3) is 0.429. The lowest BCUT2D eigenvalue weighted by Crippen LogP contribution is -2.12. The fourth-order valence-corrected chi connectivity index (χ4v) is 3.30. The second-order valence-electron chi connectivity index (χ2n) is 4.49. The molecule has 2 N–H and O–H groups in total. The number of benzene rings is 1. The van der Waals surface area contributed by atoms with Crippen molar-refractivity contribution in [1.29, 1.82) is 0 Å². The molecule has 1 aromatic heterocycles. The number of aromatic nitrogens is 2. The van der Waals surface area contributed by atoms with Gasteiger partial charge in [-0.25, -0.2) is 0 Å². The summed E-state index contributed by atoms with van der Waals surface area (Å²) in [6.07, 6.45) is 2.04. The normalized spacial score (nSPS) is 12.6. The van der Waals surface area contributed by atoms with Crippen LogP contribution in [0.25, 0.3) is 0 Å². The first-order valence-electron chi connectivity index (χ1n) is 6.64. The highest BCUT2D eigenvalue weighted by atomic mass is 79.9. The highest BCUT2D eigenvalue weighted by molar-refractivity contribution is 9.10. The third kappa shape index (κ3) is 4.07. The van der Waals surface area contributed by atoms with Gasteiger partial charge in [-0.15, -0.1) is 11.8 Å². The quantitative estimate of drug-likeness (QED) is 0.761. The molecule has 2 aromatic rings. The van der Waals surface area contributed by atoms with E-state index in [1.54, 1.807) is 11.8 Å². The lowest BCUT2D eigenvalue weighted by atomic mass is 10.0. The van der Waals surface area contributed by atoms with Gasteiger partial charge in [0.05, 0.1) is 11.7 Å². The Balaban J connectivity index is 1.98. The summed E-state index contributed by atoms with van der Waals surface area (Å²) >= 11 is 5.21. The highest BCUT2D eigenvalue weighted by Crippen LogP contribution is 2.29. The zero-order chi connectivity index (χ0) is 14.4. The topological polar surface area (TPSA) is 64.9 Å². The maximum absolute atomic E-state index is 5.75. The van der Waals surface area contributed by atoms with Gasteiger partial charge in [0.15, 0.2) is 5.82 Å². The number of hydrogen-bond acceptors (Lipinski definition) is 5. The van der Waals surface area contributed by atoms with Crippen LogP contribution in [0.4, 0.5) is 0 Å². The molecule has 6 heteroatoms. The fourth-order valence-electron chi connectivity index (χ4n) is 1.89. The third-order valence-corrected chi connectivity index (χ3v) is 4.97. The Morgan fingerprint density at radius 3 is 2.90 bits per heavy atom. The van der Waals surface area contributed by atoms with Crippen molar-refractivity contribution in [1.82, 2.24) is 10.1 Å². The molecule has 1 heterocycles. The third-order valence-electron chi connectivity index (χ3n) is 2.95. The summed E-state index contributed by atoms with van der Waals surface area (Å²) in [4.78, 5) is 5.62. The summed E-state index contributed by atoms with van der Waals surface area (Å²) in [6.45, 7) is 2.68. The zero-order valence-corrected chi connectivity index (χ0v) is 13.8. The molecule has 0 bridgehead atoms. The van der Waals surface area contributed by atoms with Gasteiger partial charge in [0.2, 0.25) is 5.89 Å². The minimum absolute atomic E-state index is 0.176. The van der Waals surface area contributed by atoms with E-state index in [1.165, 1.54) is 4.90 Å². The van der Waals surface area contributed by atoms with Gasteiger partial charge in [-0.2, -0.15) is 4.98 Å². The standard InChI is InChI=1S/C14H18BrN3OS/c1-2-5-10(8-16)14-17-13(18-19-14)9-20-12-7-4-3-6-11(12)15/h3-4,6-7,10H,2,5,8-9,16H2,1H3. The average molecular weight is 356 g/mol. The van der Waals surface area contributed by atoms with Crippen LogP contribution >= 0.6 is 27.7 Å². The van der Waals surface area contributed by atoms with Crippen molar-refractivity contribution < 1.29 is 4.52 Å². The molecular formula is C14H18BrN3OS. The smallest absolute Gasteiger partial charge is 0.231 e. The summed E-state index contributed by atoms with van der Waals surface area (Å²) in [5, 5.41) is 4.03. The summed E-state index contributed by atoms with van der Waals surface area (Å²) in [6, 6.07) is 8.10. The Morgan fingerprint density at radius 2 is 2.20 bits per heavy atom. The predicted molar refractivity (Wildman–Crippen MR) is 84.7 cm³/mol. The van der Waals surface area contributed by atoms with Gasteiger partial charge in [-0.05, 0) is 34.5 Å². The molecule has 0 amide bonds. The van der Waals surface area contributed by atoms with Crippen LogP contribution in [0.3, 0.4) is 0 Å². The maximum Gasteiger partial charge on any atom is 0.231 e. The molecule has 108 valence electrons. The van der Waals surface area contributed by atoms with Crippen LogP contribution < -0.4 is 5.73 Å². The van der Waals surface area contributed by atoms with Crippen LogP contribution in [0, 0.1) is 0 Å². The molecule has 0 saturated carbocycles. The van der Waals surface area contributed by atoms with Crippen LogP contribution in [0.1, 0.15) is 37.4 Å². The van der Waals surface area contributed by atoms with Crippen molar-refractivity contribution in [2.24, 2.45) is 5.73 Å². The van der Waals surface area contributed by atoms with Crippen LogP contribution in [-0.4, -0.2) is 16.7 Å². The molecule has 0 radical (unpaired) electrons. The van der Waals surface area contributed by atoms with Gasteiger partial charge >= 0.3 is 0 Å². The molecule has 0 saturated heterocycles. The number of thioether (sulfide) groups is 1. The Labute approximate surface area is 131 Å². The van der Waals surface area contributed by atoms with E-state index in [9.17, 15) is 0 Å². The monoisotopic (exact) mass is 355 g/mol. The molecule has 1 aromatic carbocycles. The number of nitrogens with two attached hydrogens (primary N) is 1. The van der Waals surface area contributed by atoms with E-state index in [0.717, 1.165) is 23.1 Å². The van der Waals surface area contributed by atoms with E-state index >= 15 is 0 Å². The van der Waals surface area contributed by atoms with Gasteiger partial charge in [0.25, 0.3) is 0 Å². The Hall–Kier alpha value is -0.850. The van der Waals surface area contributed by atoms with Crippen molar-refractivity contribution in [3.8, 4) is 0 Å². The first kappa shape index (κ1) is 15.5. The summed E-state index contributed by atoms with van der Waals surface area (Å²) in [5.74, 6) is 2.25. The van der Waals surface area contributed by atoms with E-state index < -0.39 is 0 Å². The average Bonchev–Trinajstić information content (AvgIpc) is 2.92. The van der Waals surface area contributed by atoms with Crippen molar-refractivity contribution in [2.45, 2.75) is 36.3 Å². The molecule has 0 fully saturated rings. The van der Waals surface area contributed by atoms with Crippen molar-refractivity contribution in [3.63, 3.8) is 0 Å². The largest absolute Gasteiger partial charge is 0.339 e. The first-order valence-corrected chi connectivity index (χ1v) is 8.42. The Kier molecular flexibility index (Phi) is 6.06. The van der Waals surface area contributed by atoms with Crippen LogP contribution in [-0.2, 0) is 5.75 Å². The Morgan fingerprint density at radius 1 is 1.40 bits per heavy atom. The molecule has 1 atom stereocenters. The van der Waals surface area contributed by atoms with Gasteiger partial charge < -0.3 is 10.3 Å². The zero-order valence-electron chi connectivity index (χ0n) is 11.4. The number of rotatable bonds is 7. The summed E-state index contributed by atoms with van der Waals surface area (Å²) in [7, 11) is 0. The minimum atomic E-state index is 0.176. The van der Waals surface area contributed by atoms with Gasteiger partial charge in [0, 0.05) is 15.9 Å². The molecule has 4 nitrogen and oxygen atoms in total. The Bertz CT molecular complexity index is 547. The first-order chi connectivity index (χ1) is 9.74. The van der Waals surface area contributed by atoms with Crippen LogP contribution in [0.2, 0.25) is 0 Å². The summed E-state index contributed by atoms with van der Waals surface area (Å²) in [5.41, 5.74) is 5.75. The van der Waals surface area contributed by atoms with E-state index in [2.05, 4.69) is 39.1 Å².